The second kappa shape index (κ2) is 9.70. The number of esters is 1. The number of likely N-dealkylation sites (tertiary alicyclic amines) is 1. The Hall–Kier alpha value is -3.78. The lowest BCUT2D eigenvalue weighted by molar-refractivity contribution is -0.150. The van der Waals surface area contributed by atoms with E-state index in [0.29, 0.717) is 36.6 Å². The molecule has 0 spiro atoms. The van der Waals surface area contributed by atoms with Gasteiger partial charge in [-0.05, 0) is 62.7 Å². The van der Waals surface area contributed by atoms with E-state index in [1.807, 2.05) is 36.0 Å². The molecule has 0 bridgehead atoms. The highest BCUT2D eigenvalue weighted by molar-refractivity contribution is 6.15. The van der Waals surface area contributed by atoms with Crippen LogP contribution in [0.2, 0.25) is 0 Å². The van der Waals surface area contributed by atoms with E-state index in [0.717, 1.165) is 41.6 Å². The molecule has 0 amide bonds. The number of piperidine rings is 1. The Balaban J connectivity index is 1.44. The number of fused-ring (bicyclic) bond motifs is 2. The molecule has 0 radical (unpaired) electrons. The van der Waals surface area contributed by atoms with Crippen LogP contribution in [0.1, 0.15) is 41.3 Å². The van der Waals surface area contributed by atoms with Gasteiger partial charge in [0.05, 0.1) is 30.8 Å². The number of rotatable bonds is 6. The third-order valence-corrected chi connectivity index (χ3v) is 6.94. The number of allylic oxidation sites excluding steroid dienone is 1. The molecule has 1 fully saturated rings. The minimum absolute atomic E-state index is 0.0657. The summed E-state index contributed by atoms with van der Waals surface area (Å²) >= 11 is 0. The van der Waals surface area contributed by atoms with E-state index in [-0.39, 0.29) is 29.2 Å². The summed E-state index contributed by atoms with van der Waals surface area (Å²) in [6.45, 7) is 3.86. The van der Waals surface area contributed by atoms with Gasteiger partial charge in [0.2, 0.25) is 5.78 Å². The minimum atomic E-state index is -0.228. The van der Waals surface area contributed by atoms with Gasteiger partial charge in [-0.2, -0.15) is 0 Å². The lowest BCUT2D eigenvalue weighted by Gasteiger charge is -2.31. The van der Waals surface area contributed by atoms with Crippen molar-refractivity contribution in [2.45, 2.75) is 26.3 Å². The summed E-state index contributed by atoms with van der Waals surface area (Å²) < 4.78 is 18.7. The molecule has 1 atom stereocenters. The van der Waals surface area contributed by atoms with Crippen LogP contribution in [-0.2, 0) is 23.1 Å². The van der Waals surface area contributed by atoms with Gasteiger partial charge in [0.15, 0.2) is 5.76 Å². The Morgan fingerprint density at radius 3 is 2.89 bits per heavy atom. The molecular weight excluding hydrogens is 460 g/mol. The van der Waals surface area contributed by atoms with E-state index in [2.05, 4.69) is 4.90 Å². The monoisotopic (exact) mass is 490 g/mol. The second-order valence-corrected chi connectivity index (χ2v) is 9.28. The summed E-state index contributed by atoms with van der Waals surface area (Å²) in [5, 5.41) is 11.6. The summed E-state index contributed by atoms with van der Waals surface area (Å²) in [5.41, 5.74) is 2.81. The Kier molecular flexibility index (Phi) is 6.45. The number of ether oxygens (including phenoxy) is 3. The summed E-state index contributed by atoms with van der Waals surface area (Å²) in [6.07, 6.45) is 5.32. The molecule has 188 valence electrons. The van der Waals surface area contributed by atoms with Crippen LogP contribution in [0, 0.1) is 5.92 Å². The quantitative estimate of drug-likeness (QED) is 0.407. The lowest BCUT2D eigenvalue weighted by atomic mass is 9.97. The smallest absolute Gasteiger partial charge is 0.310 e. The molecule has 1 N–H and O–H groups in total. The Labute approximate surface area is 209 Å². The normalized spacial score (nSPS) is 18.9. The predicted octanol–water partition coefficient (Wildman–Crippen LogP) is 4.28. The molecule has 0 saturated carbocycles. The van der Waals surface area contributed by atoms with E-state index in [1.165, 1.54) is 6.07 Å². The fourth-order valence-electron chi connectivity index (χ4n) is 5.11. The highest BCUT2D eigenvalue weighted by Gasteiger charge is 2.33. The number of aryl methyl sites for hydroxylation is 1. The Bertz CT molecular complexity index is 1370. The molecule has 8 heteroatoms. The zero-order valence-corrected chi connectivity index (χ0v) is 20.7. The molecule has 5 rings (SSSR count). The van der Waals surface area contributed by atoms with Crippen molar-refractivity contribution in [2.75, 3.05) is 26.8 Å². The molecule has 3 aromatic rings. The topological polar surface area (TPSA) is 90.2 Å². The first-order valence-corrected chi connectivity index (χ1v) is 12.2. The molecule has 2 aliphatic heterocycles. The van der Waals surface area contributed by atoms with Crippen molar-refractivity contribution >= 4 is 28.7 Å². The molecule has 3 heterocycles. The van der Waals surface area contributed by atoms with Crippen molar-refractivity contribution in [3.05, 3.63) is 59.0 Å². The molecule has 8 nitrogen and oxygen atoms in total. The van der Waals surface area contributed by atoms with Crippen LogP contribution < -0.4 is 9.47 Å². The number of Topliss-reactive ketones (excluding diaryl/α,β-unsaturated/α-hetero) is 1. The maximum atomic E-state index is 13.3. The van der Waals surface area contributed by atoms with Crippen LogP contribution >= 0.6 is 0 Å². The van der Waals surface area contributed by atoms with Crippen LogP contribution in [0.4, 0.5) is 0 Å². The number of nitrogens with zero attached hydrogens (tertiary/aromatic N) is 2. The highest BCUT2D eigenvalue weighted by atomic mass is 16.5. The molecule has 36 heavy (non-hydrogen) atoms. The zero-order valence-electron chi connectivity index (χ0n) is 20.7. The summed E-state index contributed by atoms with van der Waals surface area (Å²) in [4.78, 5) is 27.6. The molecule has 1 unspecified atom stereocenters. The van der Waals surface area contributed by atoms with Gasteiger partial charge in [-0.1, -0.05) is 0 Å². The van der Waals surface area contributed by atoms with Gasteiger partial charge in [-0.15, -0.1) is 0 Å². The molecule has 1 aromatic heterocycles. The van der Waals surface area contributed by atoms with Gasteiger partial charge < -0.3 is 23.9 Å². The van der Waals surface area contributed by atoms with E-state index in [9.17, 15) is 14.7 Å². The minimum Gasteiger partial charge on any atom is -0.507 e. The van der Waals surface area contributed by atoms with Crippen LogP contribution in [0.15, 0.2) is 42.3 Å². The van der Waals surface area contributed by atoms with Crippen molar-refractivity contribution in [1.29, 1.82) is 0 Å². The van der Waals surface area contributed by atoms with Crippen LogP contribution in [-0.4, -0.2) is 53.1 Å². The van der Waals surface area contributed by atoms with Crippen molar-refractivity contribution < 1.29 is 28.9 Å². The number of phenolic OH excluding ortho intramolecular Hbond substituents is 1. The van der Waals surface area contributed by atoms with Gasteiger partial charge >= 0.3 is 5.97 Å². The SMILES string of the molecule is CCOC(=O)C1CCCN(Cc2c(O)ccc3c2O/C(=C\c2cn(C)c4ccc(OC)cc24)C3=O)C1. The van der Waals surface area contributed by atoms with E-state index >= 15 is 0 Å². The first-order valence-electron chi connectivity index (χ1n) is 12.2. The van der Waals surface area contributed by atoms with E-state index in [4.69, 9.17) is 14.2 Å². The molecule has 1 saturated heterocycles. The van der Waals surface area contributed by atoms with E-state index in [1.54, 1.807) is 26.2 Å². The van der Waals surface area contributed by atoms with Crippen LogP contribution in [0.25, 0.3) is 17.0 Å². The third-order valence-electron chi connectivity index (χ3n) is 6.94. The zero-order chi connectivity index (χ0) is 25.4. The molecule has 0 aliphatic carbocycles. The van der Waals surface area contributed by atoms with Crippen molar-refractivity contribution in [3.63, 3.8) is 0 Å². The number of aromatic hydroxyl groups is 1. The Morgan fingerprint density at radius 1 is 1.28 bits per heavy atom. The van der Waals surface area contributed by atoms with Crippen LogP contribution in [0.3, 0.4) is 0 Å². The molecular formula is C28H30N2O6. The Morgan fingerprint density at radius 2 is 2.11 bits per heavy atom. The number of aromatic nitrogens is 1. The average molecular weight is 491 g/mol. The van der Waals surface area contributed by atoms with Gasteiger partial charge in [-0.3, -0.25) is 14.5 Å². The molecule has 2 aromatic carbocycles. The third kappa shape index (κ3) is 4.33. The number of benzene rings is 2. The van der Waals surface area contributed by atoms with Gasteiger partial charge in [-0.25, -0.2) is 0 Å². The summed E-state index contributed by atoms with van der Waals surface area (Å²) in [7, 11) is 3.56. The first-order chi connectivity index (χ1) is 17.4. The molecule has 2 aliphatic rings. The van der Waals surface area contributed by atoms with Crippen molar-refractivity contribution in [3.8, 4) is 17.2 Å². The van der Waals surface area contributed by atoms with Gasteiger partial charge in [0, 0.05) is 42.8 Å². The largest absolute Gasteiger partial charge is 0.507 e. The standard InChI is InChI=1S/C28H30N2O6/c1-4-35-28(33)17-6-5-11-30(15-17)16-22-24(31)10-8-20-26(32)25(36-27(20)22)12-18-14-29(2)23-9-7-19(34-3)13-21(18)23/h7-10,12-14,17,31H,4-6,11,15-16H2,1-3H3/b25-12-. The first kappa shape index (κ1) is 23.9. The second-order valence-electron chi connectivity index (χ2n) is 9.28. The lowest BCUT2D eigenvalue weighted by Crippen LogP contribution is -2.39. The van der Waals surface area contributed by atoms with E-state index < -0.39 is 0 Å². The predicted molar refractivity (Wildman–Crippen MR) is 135 cm³/mol. The van der Waals surface area contributed by atoms with Crippen LogP contribution in [0.5, 0.6) is 17.2 Å². The number of methoxy groups -OCH3 is 1. The number of carbonyl (C=O) groups is 2. The number of carbonyl (C=O) groups excluding carboxylic acids is 2. The number of ketones is 1. The number of hydrogen-bond acceptors (Lipinski definition) is 7. The number of hydrogen-bond donors (Lipinski definition) is 1. The fraction of sp³-hybridized carbons (Fsp3) is 0.357. The van der Waals surface area contributed by atoms with Gasteiger partial charge in [0.1, 0.15) is 17.2 Å². The summed E-state index contributed by atoms with van der Waals surface area (Å²) in [5.74, 6) is 0.764. The number of phenols is 1. The fourth-order valence-corrected chi connectivity index (χ4v) is 5.11. The maximum Gasteiger partial charge on any atom is 0.310 e. The highest BCUT2D eigenvalue weighted by Crippen LogP contribution is 2.41. The average Bonchev–Trinajstić information content (AvgIpc) is 3.37. The van der Waals surface area contributed by atoms with Gasteiger partial charge in [0.25, 0.3) is 0 Å². The van der Waals surface area contributed by atoms with Crippen molar-refractivity contribution in [1.82, 2.24) is 9.47 Å². The summed E-state index contributed by atoms with van der Waals surface area (Å²) in [6, 6.07) is 8.94. The maximum absolute atomic E-state index is 13.3. The van der Waals surface area contributed by atoms with Crippen molar-refractivity contribution in [2.24, 2.45) is 13.0 Å².